The van der Waals surface area contributed by atoms with Crippen molar-refractivity contribution in [1.82, 2.24) is 5.32 Å². The molecular weight excluding hydrogens is 338 g/mol. The van der Waals surface area contributed by atoms with Crippen molar-refractivity contribution in [3.8, 4) is 0 Å². The van der Waals surface area contributed by atoms with E-state index in [0.717, 1.165) is 6.07 Å². The van der Waals surface area contributed by atoms with Crippen molar-refractivity contribution in [2.75, 3.05) is 0 Å². The van der Waals surface area contributed by atoms with Crippen LogP contribution in [0.15, 0.2) is 18.2 Å². The average Bonchev–Trinajstić information content (AvgIpc) is 2.42. The number of nitrogens with two attached hydrogens (primary N) is 1. The Morgan fingerprint density at radius 3 is 2.04 bits per heavy atom. The zero-order valence-corrected chi connectivity index (χ0v) is 16.2. The molecule has 0 aliphatic heterocycles. The number of amides is 2. The summed E-state index contributed by atoms with van der Waals surface area (Å²) in [6, 6.07) is 3.26. The molecule has 0 fully saturated rings. The number of carbonyl (C=O) groups excluding carboxylic acids is 2. The predicted molar refractivity (Wildman–Crippen MR) is 98.2 cm³/mol. The lowest BCUT2D eigenvalue weighted by Crippen LogP contribution is -2.48. The highest BCUT2D eigenvalue weighted by molar-refractivity contribution is 5.87. The second-order valence-corrected chi connectivity index (χ2v) is 8.30. The van der Waals surface area contributed by atoms with Crippen LogP contribution in [0.5, 0.6) is 0 Å². The Labute approximate surface area is 154 Å². The zero-order chi connectivity index (χ0) is 20.1. The quantitative estimate of drug-likeness (QED) is 0.736. The molecule has 4 nitrogen and oxygen atoms in total. The van der Waals surface area contributed by atoms with Gasteiger partial charge in [-0.05, 0) is 63.6 Å². The topological polar surface area (TPSA) is 72.2 Å². The van der Waals surface area contributed by atoms with Gasteiger partial charge in [-0.15, -0.1) is 0 Å². The van der Waals surface area contributed by atoms with Crippen LogP contribution in [-0.4, -0.2) is 17.4 Å². The molecule has 2 atom stereocenters. The Morgan fingerprint density at radius 1 is 1.08 bits per heavy atom. The maximum absolute atomic E-state index is 13.4. The number of aryl methyl sites for hydroxylation is 1. The first-order valence-corrected chi connectivity index (χ1v) is 8.95. The van der Waals surface area contributed by atoms with E-state index in [1.165, 1.54) is 12.1 Å². The van der Waals surface area contributed by atoms with Crippen LogP contribution in [0.1, 0.15) is 53.0 Å². The molecule has 0 spiro atoms. The molecule has 0 aliphatic rings. The van der Waals surface area contributed by atoms with Gasteiger partial charge in [-0.2, -0.15) is 0 Å². The first-order valence-electron chi connectivity index (χ1n) is 8.95. The van der Waals surface area contributed by atoms with Crippen molar-refractivity contribution < 1.29 is 18.4 Å². The van der Waals surface area contributed by atoms with E-state index in [-0.39, 0.29) is 24.7 Å². The van der Waals surface area contributed by atoms with Crippen LogP contribution in [0.2, 0.25) is 0 Å². The molecule has 0 aromatic heterocycles. The number of benzene rings is 1. The summed E-state index contributed by atoms with van der Waals surface area (Å²) in [5, 5.41) is 2.91. The van der Waals surface area contributed by atoms with E-state index in [1.54, 1.807) is 0 Å². The van der Waals surface area contributed by atoms with Crippen LogP contribution in [0, 0.1) is 29.4 Å². The van der Waals surface area contributed by atoms with Gasteiger partial charge in [0.05, 0.1) is 0 Å². The number of primary amides is 1. The van der Waals surface area contributed by atoms with Gasteiger partial charge in [-0.3, -0.25) is 9.59 Å². The highest BCUT2D eigenvalue weighted by atomic mass is 19.1. The van der Waals surface area contributed by atoms with E-state index in [9.17, 15) is 18.4 Å². The highest BCUT2D eigenvalue weighted by Gasteiger charge is 2.34. The zero-order valence-electron chi connectivity index (χ0n) is 16.2. The van der Waals surface area contributed by atoms with Gasteiger partial charge in [0.15, 0.2) is 0 Å². The minimum Gasteiger partial charge on any atom is -0.369 e. The molecule has 1 aromatic rings. The molecule has 6 heteroatoms. The van der Waals surface area contributed by atoms with E-state index in [4.69, 9.17) is 5.73 Å². The fourth-order valence-corrected chi connectivity index (χ4v) is 3.04. The van der Waals surface area contributed by atoms with E-state index >= 15 is 0 Å². The monoisotopic (exact) mass is 368 g/mol. The molecule has 2 amide bonds. The first kappa shape index (κ1) is 22.1. The summed E-state index contributed by atoms with van der Waals surface area (Å²) in [6.45, 7) is 9.54. The maximum Gasteiger partial charge on any atom is 0.224 e. The second-order valence-electron chi connectivity index (χ2n) is 8.30. The van der Waals surface area contributed by atoms with Crippen molar-refractivity contribution >= 4 is 11.8 Å². The van der Waals surface area contributed by atoms with Crippen molar-refractivity contribution in [2.45, 2.75) is 59.4 Å². The molecule has 0 saturated heterocycles. The molecule has 146 valence electrons. The number of hydrogen-bond donors (Lipinski definition) is 2. The van der Waals surface area contributed by atoms with Gasteiger partial charge in [0, 0.05) is 23.4 Å². The molecule has 0 radical (unpaired) electrons. The summed E-state index contributed by atoms with van der Waals surface area (Å²) < 4.78 is 26.7. The number of rotatable bonds is 8. The summed E-state index contributed by atoms with van der Waals surface area (Å²) in [6.07, 6.45) is 1.03. The minimum absolute atomic E-state index is 0.194. The van der Waals surface area contributed by atoms with Crippen LogP contribution >= 0.6 is 0 Å². The maximum atomic E-state index is 13.4. The van der Waals surface area contributed by atoms with Gasteiger partial charge < -0.3 is 11.1 Å². The van der Waals surface area contributed by atoms with Gasteiger partial charge in [-0.25, -0.2) is 8.78 Å². The number of hydrogen-bond acceptors (Lipinski definition) is 2. The van der Waals surface area contributed by atoms with E-state index in [0.29, 0.717) is 12.0 Å². The third kappa shape index (κ3) is 7.50. The Balaban J connectivity index is 2.99. The smallest absolute Gasteiger partial charge is 0.224 e. The highest BCUT2D eigenvalue weighted by Crippen LogP contribution is 2.26. The van der Waals surface area contributed by atoms with Crippen LogP contribution in [0.4, 0.5) is 8.78 Å². The van der Waals surface area contributed by atoms with Gasteiger partial charge in [0.2, 0.25) is 11.8 Å². The third-order valence-corrected chi connectivity index (χ3v) is 4.08. The number of nitrogens with one attached hydrogen (secondary N) is 1. The molecule has 0 heterocycles. The fourth-order valence-electron chi connectivity index (χ4n) is 3.04. The summed E-state index contributed by atoms with van der Waals surface area (Å²) in [5.41, 5.74) is 5.58. The molecule has 1 aromatic carbocycles. The lowest BCUT2D eigenvalue weighted by molar-refractivity contribution is -0.135. The van der Waals surface area contributed by atoms with Crippen molar-refractivity contribution in [3.63, 3.8) is 0 Å². The van der Waals surface area contributed by atoms with Gasteiger partial charge in [0.1, 0.15) is 11.6 Å². The molecule has 26 heavy (non-hydrogen) atoms. The molecule has 0 saturated carbocycles. The first-order chi connectivity index (χ1) is 11.9. The Morgan fingerprint density at radius 2 is 1.62 bits per heavy atom. The van der Waals surface area contributed by atoms with E-state index in [1.807, 2.05) is 34.6 Å². The van der Waals surface area contributed by atoms with Gasteiger partial charge in [-0.1, -0.05) is 13.8 Å². The lowest BCUT2D eigenvalue weighted by Gasteiger charge is -2.29. The SMILES string of the molecule is CC(C)C[C@@H](C(=O)NC(C)(C)C)[C@H](CCc1cc(F)cc(F)c1)C(N)=O. The normalized spacial score (nSPS) is 14.2. The predicted octanol–water partition coefficient (Wildman–Crippen LogP) is 3.58. The molecular formula is C20H30F2N2O2. The summed E-state index contributed by atoms with van der Waals surface area (Å²) in [5.74, 6) is -3.22. The largest absolute Gasteiger partial charge is 0.369 e. The average molecular weight is 368 g/mol. The van der Waals surface area contributed by atoms with Gasteiger partial charge in [0.25, 0.3) is 0 Å². The Bertz CT molecular complexity index is 619. The van der Waals surface area contributed by atoms with Crippen LogP contribution in [-0.2, 0) is 16.0 Å². The summed E-state index contributed by atoms with van der Waals surface area (Å²) in [4.78, 5) is 24.8. The van der Waals surface area contributed by atoms with E-state index in [2.05, 4.69) is 5.32 Å². The fraction of sp³-hybridized carbons (Fsp3) is 0.600. The van der Waals surface area contributed by atoms with Crippen molar-refractivity contribution in [3.05, 3.63) is 35.4 Å². The molecule has 0 aliphatic carbocycles. The summed E-state index contributed by atoms with van der Waals surface area (Å²) in [7, 11) is 0. The second kappa shape index (κ2) is 9.10. The van der Waals surface area contributed by atoms with Crippen molar-refractivity contribution in [1.29, 1.82) is 0 Å². The standard InChI is InChI=1S/C20H30F2N2O2/c1-12(2)8-17(19(26)24-20(3,4)5)16(18(23)25)7-6-13-9-14(21)11-15(22)10-13/h9-12,16-17H,6-8H2,1-5H3,(H2,23,25)(H,24,26)/t16-,17+/m0/s1. The third-order valence-electron chi connectivity index (χ3n) is 4.08. The Kier molecular flexibility index (Phi) is 7.72. The number of halogens is 2. The lowest BCUT2D eigenvalue weighted by atomic mass is 9.80. The molecule has 0 bridgehead atoms. The molecule has 1 rings (SSSR count). The van der Waals surface area contributed by atoms with Gasteiger partial charge >= 0.3 is 0 Å². The minimum atomic E-state index is -0.703. The Hall–Kier alpha value is -1.98. The summed E-state index contributed by atoms with van der Waals surface area (Å²) >= 11 is 0. The van der Waals surface area contributed by atoms with Crippen LogP contribution < -0.4 is 11.1 Å². The molecule has 3 N–H and O–H groups in total. The van der Waals surface area contributed by atoms with Crippen LogP contribution in [0.3, 0.4) is 0 Å². The van der Waals surface area contributed by atoms with E-state index < -0.39 is 34.9 Å². The number of carbonyl (C=O) groups is 2. The van der Waals surface area contributed by atoms with Crippen LogP contribution in [0.25, 0.3) is 0 Å². The molecule has 0 unspecified atom stereocenters. The van der Waals surface area contributed by atoms with Crippen molar-refractivity contribution in [2.24, 2.45) is 23.5 Å².